The van der Waals surface area contributed by atoms with E-state index in [1.807, 2.05) is 12.3 Å². The Hall–Kier alpha value is -2.07. The highest BCUT2D eigenvalue weighted by atomic mass is 15.4. The molecular formula is C20H26N4+. The van der Waals surface area contributed by atoms with Gasteiger partial charge < -0.3 is 14.7 Å². The Morgan fingerprint density at radius 2 is 1.54 bits per heavy atom. The Labute approximate surface area is 144 Å². The van der Waals surface area contributed by atoms with Crippen LogP contribution in [0.3, 0.4) is 0 Å². The largest absolute Gasteiger partial charge is 0.345 e. The molecule has 4 heteroatoms. The van der Waals surface area contributed by atoms with E-state index in [1.165, 1.54) is 49.4 Å². The van der Waals surface area contributed by atoms with Gasteiger partial charge in [0, 0.05) is 25.2 Å². The summed E-state index contributed by atoms with van der Waals surface area (Å²) in [7, 11) is 0. The van der Waals surface area contributed by atoms with Gasteiger partial charge in [0.05, 0.1) is 11.4 Å². The van der Waals surface area contributed by atoms with Crippen LogP contribution in [-0.4, -0.2) is 31.1 Å². The van der Waals surface area contributed by atoms with E-state index >= 15 is 0 Å². The number of para-hydroxylation sites is 2. The highest BCUT2D eigenvalue weighted by molar-refractivity contribution is 5.78. The van der Waals surface area contributed by atoms with Crippen LogP contribution in [0.25, 0.3) is 0 Å². The summed E-state index contributed by atoms with van der Waals surface area (Å²) in [5, 5.41) is 0. The topological polar surface area (TPSA) is 23.9 Å². The van der Waals surface area contributed by atoms with Gasteiger partial charge >= 0.3 is 0 Å². The molecule has 0 unspecified atom stereocenters. The van der Waals surface area contributed by atoms with Crippen LogP contribution in [0.4, 0.5) is 11.4 Å². The lowest BCUT2D eigenvalue weighted by Crippen LogP contribution is -2.37. The number of H-pyrrole nitrogens is 1. The third-order valence-electron chi connectivity index (χ3n) is 5.00. The van der Waals surface area contributed by atoms with E-state index in [4.69, 9.17) is 0 Å². The number of likely N-dealkylation sites (tertiary alicyclic amines) is 1. The van der Waals surface area contributed by atoms with Gasteiger partial charge in [-0.3, -0.25) is 0 Å². The number of piperidine rings is 1. The molecule has 4 rings (SSSR count). The molecule has 0 amide bonds. The molecular weight excluding hydrogens is 296 g/mol. The molecule has 1 aromatic carbocycles. The fourth-order valence-corrected chi connectivity index (χ4v) is 3.69. The Kier molecular flexibility index (Phi) is 4.65. The Morgan fingerprint density at radius 3 is 2.29 bits per heavy atom. The quantitative estimate of drug-likeness (QED) is 0.846. The van der Waals surface area contributed by atoms with Crippen LogP contribution in [0.1, 0.15) is 25.0 Å². The lowest BCUT2D eigenvalue weighted by Gasteiger charge is -2.29. The number of pyridine rings is 1. The number of rotatable bonds is 5. The summed E-state index contributed by atoms with van der Waals surface area (Å²) in [6.45, 7) is 7.88. The predicted molar refractivity (Wildman–Crippen MR) is 97.6 cm³/mol. The standard InChI is InChI=1S/C20H25N4/c1-6-12-22(13-7-1)14-15-23-17-24(16-18-8-4-5-11-21-18)20-10-3-2-9-19(20)23/h2-5,8-11,17H,1,6-7,12-16H2/p+1. The summed E-state index contributed by atoms with van der Waals surface area (Å²) < 4.78 is 0. The van der Waals surface area contributed by atoms with Crippen LogP contribution in [0.2, 0.25) is 0 Å². The molecule has 0 bridgehead atoms. The number of fused-ring (bicyclic) bond motifs is 1. The van der Waals surface area contributed by atoms with E-state index < -0.39 is 0 Å². The van der Waals surface area contributed by atoms with Crippen LogP contribution in [0, 0.1) is 6.67 Å². The number of aromatic amines is 1. The molecule has 2 aromatic rings. The first kappa shape index (κ1) is 15.5. The first-order valence-corrected chi connectivity index (χ1v) is 9.05. The van der Waals surface area contributed by atoms with Crippen molar-refractivity contribution in [3.63, 3.8) is 0 Å². The minimum atomic E-state index is 0.873. The molecule has 0 atom stereocenters. The molecule has 1 fully saturated rings. The number of anilines is 2. The van der Waals surface area contributed by atoms with E-state index in [1.54, 1.807) is 0 Å². The molecule has 3 heterocycles. The van der Waals surface area contributed by atoms with Gasteiger partial charge in [-0.15, -0.1) is 0 Å². The number of hydrogen-bond acceptors (Lipinski definition) is 3. The number of nitrogens with zero attached hydrogens (tertiary/aromatic N) is 3. The minimum absolute atomic E-state index is 0.873. The second kappa shape index (κ2) is 7.22. The Bertz CT molecular complexity index is 652. The molecule has 2 aliphatic heterocycles. The maximum Gasteiger partial charge on any atom is 0.199 e. The maximum atomic E-state index is 3.34. The van der Waals surface area contributed by atoms with Crippen molar-refractivity contribution in [3.05, 3.63) is 61.0 Å². The summed E-state index contributed by atoms with van der Waals surface area (Å²) in [5.74, 6) is 0. The van der Waals surface area contributed by atoms with Crippen LogP contribution < -0.4 is 14.8 Å². The minimum Gasteiger partial charge on any atom is -0.345 e. The smallest absolute Gasteiger partial charge is 0.199 e. The molecule has 4 nitrogen and oxygen atoms in total. The highest BCUT2D eigenvalue weighted by Crippen LogP contribution is 2.38. The normalized spacial score (nSPS) is 18.0. The van der Waals surface area contributed by atoms with Crippen molar-refractivity contribution in [2.24, 2.45) is 0 Å². The average Bonchev–Trinajstić information content (AvgIpc) is 3.00. The van der Waals surface area contributed by atoms with Gasteiger partial charge in [0.25, 0.3) is 0 Å². The van der Waals surface area contributed by atoms with Crippen molar-refractivity contribution >= 4 is 11.4 Å². The molecule has 0 spiro atoms. The third kappa shape index (κ3) is 3.39. The zero-order valence-electron chi connectivity index (χ0n) is 14.2. The summed E-state index contributed by atoms with van der Waals surface area (Å²) in [6.07, 6.45) is 6.11. The van der Waals surface area contributed by atoms with E-state index in [2.05, 4.69) is 62.8 Å². The lowest BCUT2D eigenvalue weighted by atomic mass is 10.1. The highest BCUT2D eigenvalue weighted by Gasteiger charge is 2.27. The van der Waals surface area contributed by atoms with Crippen molar-refractivity contribution < 1.29 is 4.98 Å². The first-order chi connectivity index (χ1) is 11.9. The first-order valence-electron chi connectivity index (χ1n) is 9.05. The van der Waals surface area contributed by atoms with E-state index in [0.29, 0.717) is 0 Å². The van der Waals surface area contributed by atoms with E-state index in [9.17, 15) is 0 Å². The van der Waals surface area contributed by atoms with Crippen LogP contribution >= 0.6 is 0 Å². The Morgan fingerprint density at radius 1 is 0.792 bits per heavy atom. The average molecular weight is 322 g/mol. The zero-order valence-corrected chi connectivity index (χ0v) is 14.2. The van der Waals surface area contributed by atoms with Crippen molar-refractivity contribution in [1.82, 2.24) is 4.90 Å². The van der Waals surface area contributed by atoms with Crippen LogP contribution in [0.5, 0.6) is 0 Å². The van der Waals surface area contributed by atoms with E-state index in [0.717, 1.165) is 19.6 Å². The van der Waals surface area contributed by atoms with Gasteiger partial charge in [-0.25, -0.2) is 4.98 Å². The van der Waals surface area contributed by atoms with Crippen LogP contribution in [0.15, 0.2) is 48.7 Å². The van der Waals surface area contributed by atoms with Gasteiger partial charge in [0.15, 0.2) is 11.9 Å². The monoisotopic (exact) mass is 322 g/mol. The maximum absolute atomic E-state index is 3.34. The molecule has 0 aliphatic carbocycles. The molecule has 24 heavy (non-hydrogen) atoms. The molecule has 1 radical (unpaired) electrons. The predicted octanol–water partition coefficient (Wildman–Crippen LogP) is 2.93. The SMILES string of the molecule is [CH]1N(CCN2CCCCC2)c2ccccc2N1Cc1cccc[nH+]1. The van der Waals surface area contributed by atoms with Crippen molar-refractivity contribution in [2.45, 2.75) is 25.8 Å². The molecule has 1 N–H and O–H groups in total. The fraction of sp³-hybridized carbons (Fsp3) is 0.400. The molecule has 1 aromatic heterocycles. The summed E-state index contributed by atoms with van der Waals surface area (Å²) in [4.78, 5) is 10.7. The van der Waals surface area contributed by atoms with Gasteiger partial charge in [0.2, 0.25) is 0 Å². The molecule has 0 saturated carbocycles. The third-order valence-corrected chi connectivity index (χ3v) is 5.00. The lowest BCUT2D eigenvalue weighted by molar-refractivity contribution is -0.390. The van der Waals surface area contributed by atoms with Gasteiger partial charge in [-0.1, -0.05) is 24.6 Å². The second-order valence-corrected chi connectivity index (χ2v) is 6.72. The van der Waals surface area contributed by atoms with Crippen molar-refractivity contribution in [1.29, 1.82) is 0 Å². The summed E-state index contributed by atoms with van der Waals surface area (Å²) >= 11 is 0. The van der Waals surface area contributed by atoms with Gasteiger partial charge in [-0.2, -0.15) is 0 Å². The van der Waals surface area contributed by atoms with Gasteiger partial charge in [-0.05, 0) is 38.1 Å². The Balaban J connectivity index is 1.44. The van der Waals surface area contributed by atoms with Crippen molar-refractivity contribution in [2.75, 3.05) is 36.0 Å². The number of benzene rings is 1. The number of nitrogens with one attached hydrogen (secondary N) is 1. The van der Waals surface area contributed by atoms with E-state index in [-0.39, 0.29) is 0 Å². The fourth-order valence-electron chi connectivity index (χ4n) is 3.69. The summed E-state index contributed by atoms with van der Waals surface area (Å²) in [5.41, 5.74) is 3.85. The zero-order chi connectivity index (χ0) is 16.2. The molecule has 1 saturated heterocycles. The number of aromatic nitrogens is 1. The van der Waals surface area contributed by atoms with Crippen LogP contribution in [-0.2, 0) is 6.54 Å². The second-order valence-electron chi connectivity index (χ2n) is 6.72. The van der Waals surface area contributed by atoms with Gasteiger partial charge in [0.1, 0.15) is 13.2 Å². The molecule has 125 valence electrons. The summed E-state index contributed by atoms with van der Waals surface area (Å²) in [6, 6.07) is 15.0. The number of hydrogen-bond donors (Lipinski definition) is 0. The van der Waals surface area contributed by atoms with Crippen molar-refractivity contribution in [3.8, 4) is 0 Å². The molecule has 2 aliphatic rings.